The van der Waals surface area contributed by atoms with E-state index in [-0.39, 0.29) is 23.9 Å². The van der Waals surface area contributed by atoms with E-state index >= 15 is 0 Å². The van der Waals surface area contributed by atoms with Gasteiger partial charge < -0.3 is 15.4 Å². The molecule has 1 aromatic rings. The molecule has 2 rings (SSSR count). The molecular weight excluding hydrogens is 259 g/mol. The molecule has 0 bridgehead atoms. The molecule has 0 spiro atoms. The molecule has 0 aliphatic carbocycles. The van der Waals surface area contributed by atoms with Crippen LogP contribution in [0.2, 0.25) is 0 Å². The maximum Gasteiger partial charge on any atom is 0.407 e. The lowest BCUT2D eigenvalue weighted by molar-refractivity contribution is 0.0987. The maximum atomic E-state index is 12.9. The van der Waals surface area contributed by atoms with Gasteiger partial charge in [-0.1, -0.05) is 25.5 Å². The number of alkyl carbamates (subject to hydrolysis) is 1. The van der Waals surface area contributed by atoms with Crippen molar-refractivity contribution in [2.45, 2.75) is 31.8 Å². The zero-order chi connectivity index (χ0) is 14.4. The summed E-state index contributed by atoms with van der Waals surface area (Å²) in [5.74, 6) is -0.179. The lowest BCUT2D eigenvalue weighted by atomic mass is 9.96. The number of carbonyl (C=O) groups excluding carboxylic acids is 1. The van der Waals surface area contributed by atoms with E-state index in [9.17, 15) is 9.18 Å². The fraction of sp³-hybridized carbons (Fsp3) is 0.533. The molecule has 1 fully saturated rings. The molecule has 5 heteroatoms. The van der Waals surface area contributed by atoms with E-state index in [1.807, 2.05) is 0 Å². The molecule has 2 unspecified atom stereocenters. The first-order valence-electron chi connectivity index (χ1n) is 7.11. The van der Waals surface area contributed by atoms with Crippen LogP contribution >= 0.6 is 0 Å². The zero-order valence-corrected chi connectivity index (χ0v) is 11.7. The number of nitrogens with one attached hydrogen (secondary N) is 2. The summed E-state index contributed by atoms with van der Waals surface area (Å²) >= 11 is 0. The highest BCUT2D eigenvalue weighted by Gasteiger charge is 2.31. The van der Waals surface area contributed by atoms with Gasteiger partial charge in [0.15, 0.2) is 0 Å². The van der Waals surface area contributed by atoms with Gasteiger partial charge in [0, 0.05) is 25.6 Å². The minimum absolute atomic E-state index is 0.0764. The predicted octanol–water partition coefficient (Wildman–Crippen LogP) is 2.41. The van der Waals surface area contributed by atoms with Crippen molar-refractivity contribution in [2.75, 3.05) is 19.6 Å². The lowest BCUT2D eigenvalue weighted by Gasteiger charge is -2.19. The van der Waals surface area contributed by atoms with Gasteiger partial charge in [-0.2, -0.15) is 0 Å². The number of hydrogen-bond donors (Lipinski definition) is 2. The van der Waals surface area contributed by atoms with Crippen molar-refractivity contribution < 1.29 is 13.9 Å². The van der Waals surface area contributed by atoms with Crippen LogP contribution in [0.1, 0.15) is 31.2 Å². The van der Waals surface area contributed by atoms with Gasteiger partial charge in [0.25, 0.3) is 0 Å². The largest absolute Gasteiger partial charge is 0.444 e. The van der Waals surface area contributed by atoms with Gasteiger partial charge in [0.2, 0.25) is 0 Å². The van der Waals surface area contributed by atoms with Crippen molar-refractivity contribution in [3.63, 3.8) is 0 Å². The highest BCUT2D eigenvalue weighted by atomic mass is 19.1. The summed E-state index contributed by atoms with van der Waals surface area (Å²) in [7, 11) is 0. The van der Waals surface area contributed by atoms with Crippen LogP contribution in [-0.4, -0.2) is 31.8 Å². The highest BCUT2D eigenvalue weighted by molar-refractivity contribution is 5.67. The van der Waals surface area contributed by atoms with E-state index in [4.69, 9.17) is 4.74 Å². The molecule has 2 N–H and O–H groups in total. The monoisotopic (exact) mass is 280 g/mol. The van der Waals surface area contributed by atoms with Crippen molar-refractivity contribution in [2.24, 2.45) is 0 Å². The molecule has 2 atom stereocenters. The van der Waals surface area contributed by atoms with Gasteiger partial charge in [-0.05, 0) is 24.1 Å². The average Bonchev–Trinajstić information content (AvgIpc) is 2.88. The van der Waals surface area contributed by atoms with Crippen LogP contribution in [0.15, 0.2) is 24.3 Å². The van der Waals surface area contributed by atoms with Crippen LogP contribution in [-0.2, 0) is 4.74 Å². The Kier molecular flexibility index (Phi) is 5.35. The topological polar surface area (TPSA) is 50.4 Å². The fourth-order valence-corrected chi connectivity index (χ4v) is 2.37. The molecule has 20 heavy (non-hydrogen) atoms. The Balaban J connectivity index is 1.90. The smallest absolute Gasteiger partial charge is 0.407 e. The van der Waals surface area contributed by atoms with E-state index in [2.05, 4.69) is 17.6 Å². The number of ether oxygens (including phenoxy) is 1. The average molecular weight is 280 g/mol. The Morgan fingerprint density at radius 2 is 2.15 bits per heavy atom. The molecule has 1 aliphatic heterocycles. The van der Waals surface area contributed by atoms with E-state index in [1.54, 1.807) is 12.1 Å². The SMILES string of the molecule is CCCCNC(=O)OC1CNCC1c1ccc(F)cc1. The fourth-order valence-electron chi connectivity index (χ4n) is 2.37. The van der Waals surface area contributed by atoms with Crippen molar-refractivity contribution in [1.82, 2.24) is 10.6 Å². The Morgan fingerprint density at radius 3 is 2.85 bits per heavy atom. The van der Waals surface area contributed by atoms with Crippen molar-refractivity contribution >= 4 is 6.09 Å². The summed E-state index contributed by atoms with van der Waals surface area (Å²) in [4.78, 5) is 11.7. The van der Waals surface area contributed by atoms with Crippen molar-refractivity contribution in [3.8, 4) is 0 Å². The molecule has 1 saturated heterocycles. The Hall–Kier alpha value is -1.62. The van der Waals surface area contributed by atoms with E-state index in [0.29, 0.717) is 13.1 Å². The van der Waals surface area contributed by atoms with Crippen LogP contribution in [0.25, 0.3) is 0 Å². The standard InChI is InChI=1S/C15H21FN2O2/c1-2-3-8-18-15(19)20-14-10-17-9-13(14)11-4-6-12(16)7-5-11/h4-7,13-14,17H,2-3,8-10H2,1H3,(H,18,19). The third-order valence-corrected chi connectivity index (χ3v) is 3.51. The lowest BCUT2D eigenvalue weighted by Crippen LogP contribution is -2.32. The van der Waals surface area contributed by atoms with Crippen LogP contribution in [0.4, 0.5) is 9.18 Å². The third kappa shape index (κ3) is 3.93. The van der Waals surface area contributed by atoms with Gasteiger partial charge in [-0.25, -0.2) is 9.18 Å². The van der Waals surface area contributed by atoms with E-state index < -0.39 is 0 Å². The van der Waals surface area contributed by atoms with Crippen LogP contribution in [0, 0.1) is 5.82 Å². The van der Waals surface area contributed by atoms with Crippen LogP contribution in [0.3, 0.4) is 0 Å². The summed E-state index contributed by atoms with van der Waals surface area (Å²) < 4.78 is 18.4. The van der Waals surface area contributed by atoms with E-state index in [0.717, 1.165) is 24.9 Å². The Labute approximate surface area is 118 Å². The maximum absolute atomic E-state index is 12.9. The first-order chi connectivity index (χ1) is 9.70. The quantitative estimate of drug-likeness (QED) is 0.814. The predicted molar refractivity (Wildman–Crippen MR) is 75.2 cm³/mol. The second-order valence-corrected chi connectivity index (χ2v) is 5.04. The summed E-state index contributed by atoms with van der Waals surface area (Å²) in [6.07, 6.45) is 1.39. The van der Waals surface area contributed by atoms with Crippen molar-refractivity contribution in [3.05, 3.63) is 35.6 Å². The van der Waals surface area contributed by atoms with Gasteiger partial charge in [-0.3, -0.25) is 0 Å². The Bertz CT molecular complexity index is 436. The van der Waals surface area contributed by atoms with Gasteiger partial charge in [0.05, 0.1) is 0 Å². The first kappa shape index (κ1) is 14.8. The molecule has 0 radical (unpaired) electrons. The minimum Gasteiger partial charge on any atom is -0.444 e. The molecule has 0 aromatic heterocycles. The second kappa shape index (κ2) is 7.24. The summed E-state index contributed by atoms with van der Waals surface area (Å²) in [5.41, 5.74) is 0.989. The number of halogens is 1. The molecular formula is C15H21FN2O2. The van der Waals surface area contributed by atoms with Gasteiger partial charge in [0.1, 0.15) is 11.9 Å². The highest BCUT2D eigenvalue weighted by Crippen LogP contribution is 2.25. The van der Waals surface area contributed by atoms with E-state index in [1.165, 1.54) is 12.1 Å². The molecule has 110 valence electrons. The number of amides is 1. The normalized spacial score (nSPS) is 21.7. The summed E-state index contributed by atoms with van der Waals surface area (Å²) in [6, 6.07) is 6.37. The third-order valence-electron chi connectivity index (χ3n) is 3.51. The molecule has 1 aliphatic rings. The number of hydrogen-bond acceptors (Lipinski definition) is 3. The molecule has 1 aromatic carbocycles. The Morgan fingerprint density at radius 1 is 1.40 bits per heavy atom. The number of unbranched alkanes of at least 4 members (excludes halogenated alkanes) is 1. The zero-order valence-electron chi connectivity index (χ0n) is 11.7. The van der Waals surface area contributed by atoms with Crippen LogP contribution in [0.5, 0.6) is 0 Å². The van der Waals surface area contributed by atoms with Crippen LogP contribution < -0.4 is 10.6 Å². The minimum atomic E-state index is -0.376. The second-order valence-electron chi connectivity index (χ2n) is 5.04. The molecule has 1 amide bonds. The number of benzene rings is 1. The summed E-state index contributed by atoms with van der Waals surface area (Å²) in [6.45, 7) is 4.07. The van der Waals surface area contributed by atoms with Crippen molar-refractivity contribution in [1.29, 1.82) is 0 Å². The molecule has 1 heterocycles. The van der Waals surface area contributed by atoms with Gasteiger partial charge in [-0.15, -0.1) is 0 Å². The molecule has 0 saturated carbocycles. The summed E-state index contributed by atoms with van der Waals surface area (Å²) in [5, 5.41) is 5.95. The number of rotatable bonds is 5. The number of carbonyl (C=O) groups is 1. The van der Waals surface area contributed by atoms with Gasteiger partial charge >= 0.3 is 6.09 Å². The first-order valence-corrected chi connectivity index (χ1v) is 7.11. The molecule has 4 nitrogen and oxygen atoms in total.